The van der Waals surface area contributed by atoms with E-state index in [0.29, 0.717) is 12.1 Å². The van der Waals surface area contributed by atoms with Gasteiger partial charge in [-0.1, -0.05) is 30.2 Å². The minimum atomic E-state index is -0.201. The second-order valence-electron chi connectivity index (χ2n) is 3.67. The van der Waals surface area contributed by atoms with E-state index in [2.05, 4.69) is 11.2 Å². The van der Waals surface area contributed by atoms with Crippen molar-refractivity contribution in [1.29, 1.82) is 0 Å². The summed E-state index contributed by atoms with van der Waals surface area (Å²) in [4.78, 5) is 0. The Labute approximate surface area is 100 Å². The van der Waals surface area contributed by atoms with Crippen molar-refractivity contribution in [1.82, 2.24) is 0 Å². The number of terminal acetylenes is 1. The van der Waals surface area contributed by atoms with E-state index in [1.165, 1.54) is 6.07 Å². The Morgan fingerprint density at radius 1 is 1.12 bits per heavy atom. The van der Waals surface area contributed by atoms with E-state index in [1.54, 1.807) is 12.1 Å². The SMILES string of the molecule is C#Cc1cccc(NCc2ccccc2F)c1. The summed E-state index contributed by atoms with van der Waals surface area (Å²) in [7, 11) is 0. The lowest BCUT2D eigenvalue weighted by atomic mass is 10.2. The van der Waals surface area contributed by atoms with Crippen molar-refractivity contribution in [2.24, 2.45) is 0 Å². The van der Waals surface area contributed by atoms with Crippen LogP contribution in [0.2, 0.25) is 0 Å². The molecule has 0 aliphatic heterocycles. The average molecular weight is 225 g/mol. The van der Waals surface area contributed by atoms with Gasteiger partial charge in [0.2, 0.25) is 0 Å². The highest BCUT2D eigenvalue weighted by atomic mass is 19.1. The van der Waals surface area contributed by atoms with Gasteiger partial charge in [0.1, 0.15) is 5.82 Å². The van der Waals surface area contributed by atoms with Gasteiger partial charge < -0.3 is 5.32 Å². The van der Waals surface area contributed by atoms with Gasteiger partial charge in [0.15, 0.2) is 0 Å². The van der Waals surface area contributed by atoms with Gasteiger partial charge in [-0.3, -0.25) is 0 Å². The first-order valence-corrected chi connectivity index (χ1v) is 5.33. The van der Waals surface area contributed by atoms with Crippen LogP contribution in [0.4, 0.5) is 10.1 Å². The maximum Gasteiger partial charge on any atom is 0.128 e. The van der Waals surface area contributed by atoms with Crippen LogP contribution in [0.1, 0.15) is 11.1 Å². The molecule has 1 N–H and O–H groups in total. The molecule has 0 heterocycles. The molecule has 2 heteroatoms. The number of halogens is 1. The third kappa shape index (κ3) is 2.85. The van der Waals surface area contributed by atoms with Gasteiger partial charge in [0.25, 0.3) is 0 Å². The molecule has 2 aromatic rings. The second-order valence-corrected chi connectivity index (χ2v) is 3.67. The molecule has 0 aliphatic carbocycles. The molecule has 0 radical (unpaired) electrons. The fourth-order valence-corrected chi connectivity index (χ4v) is 1.56. The van der Waals surface area contributed by atoms with Crippen molar-refractivity contribution in [2.75, 3.05) is 5.32 Å². The van der Waals surface area contributed by atoms with Crippen molar-refractivity contribution in [3.05, 3.63) is 65.5 Å². The van der Waals surface area contributed by atoms with Crippen molar-refractivity contribution < 1.29 is 4.39 Å². The number of hydrogen-bond acceptors (Lipinski definition) is 1. The van der Waals surface area contributed by atoms with Crippen LogP contribution < -0.4 is 5.32 Å². The third-order valence-corrected chi connectivity index (χ3v) is 2.47. The first kappa shape index (κ1) is 11.2. The highest BCUT2D eigenvalue weighted by Crippen LogP contribution is 2.13. The van der Waals surface area contributed by atoms with E-state index in [-0.39, 0.29) is 5.82 Å². The van der Waals surface area contributed by atoms with Gasteiger partial charge in [0.05, 0.1) is 0 Å². The summed E-state index contributed by atoms with van der Waals surface area (Å²) < 4.78 is 13.4. The first-order chi connectivity index (χ1) is 8.29. The number of nitrogens with one attached hydrogen (secondary N) is 1. The minimum Gasteiger partial charge on any atom is -0.381 e. The molecule has 0 amide bonds. The molecule has 0 unspecified atom stereocenters. The Morgan fingerprint density at radius 2 is 1.94 bits per heavy atom. The molecule has 84 valence electrons. The molecule has 0 saturated carbocycles. The topological polar surface area (TPSA) is 12.0 Å². The van der Waals surface area contributed by atoms with Crippen molar-refractivity contribution >= 4 is 5.69 Å². The summed E-state index contributed by atoms with van der Waals surface area (Å²) in [5.74, 6) is 2.36. The molecule has 1 nitrogen and oxygen atoms in total. The van der Waals surface area contributed by atoms with Crippen LogP contribution in [0, 0.1) is 18.2 Å². The summed E-state index contributed by atoms with van der Waals surface area (Å²) in [6, 6.07) is 14.2. The first-order valence-electron chi connectivity index (χ1n) is 5.33. The van der Waals surface area contributed by atoms with E-state index in [0.717, 1.165) is 11.3 Å². The largest absolute Gasteiger partial charge is 0.381 e. The van der Waals surface area contributed by atoms with Crippen molar-refractivity contribution in [3.63, 3.8) is 0 Å². The Hall–Kier alpha value is -2.27. The zero-order chi connectivity index (χ0) is 12.1. The van der Waals surface area contributed by atoms with Crippen molar-refractivity contribution in [2.45, 2.75) is 6.54 Å². The number of rotatable bonds is 3. The number of benzene rings is 2. The summed E-state index contributed by atoms with van der Waals surface area (Å²) >= 11 is 0. The zero-order valence-corrected chi connectivity index (χ0v) is 9.28. The fourth-order valence-electron chi connectivity index (χ4n) is 1.56. The summed E-state index contributed by atoms with van der Waals surface area (Å²) in [6.07, 6.45) is 5.31. The molecule has 0 atom stereocenters. The van der Waals surface area contributed by atoms with E-state index < -0.39 is 0 Å². The smallest absolute Gasteiger partial charge is 0.128 e. The van der Waals surface area contributed by atoms with Crippen molar-refractivity contribution in [3.8, 4) is 12.3 Å². The van der Waals surface area contributed by atoms with E-state index >= 15 is 0 Å². The van der Waals surface area contributed by atoms with Crippen LogP contribution in [-0.2, 0) is 6.54 Å². The van der Waals surface area contributed by atoms with Gasteiger partial charge in [-0.2, -0.15) is 0 Å². The van der Waals surface area contributed by atoms with Crippen LogP contribution in [0.5, 0.6) is 0 Å². The van der Waals surface area contributed by atoms with Crippen LogP contribution in [0.3, 0.4) is 0 Å². The molecule has 0 spiro atoms. The minimum absolute atomic E-state index is 0.201. The molecule has 2 aromatic carbocycles. The predicted molar refractivity (Wildman–Crippen MR) is 68.1 cm³/mol. The second kappa shape index (κ2) is 5.18. The maximum atomic E-state index is 13.4. The summed E-state index contributed by atoms with van der Waals surface area (Å²) in [5, 5.41) is 3.14. The molecular weight excluding hydrogens is 213 g/mol. The normalized spacial score (nSPS) is 9.65. The average Bonchev–Trinajstić information content (AvgIpc) is 2.38. The highest BCUT2D eigenvalue weighted by molar-refractivity contribution is 5.50. The summed E-state index contributed by atoms with van der Waals surface area (Å²) in [6.45, 7) is 0.445. The van der Waals surface area contributed by atoms with Gasteiger partial charge in [0, 0.05) is 23.4 Å². The van der Waals surface area contributed by atoms with Crippen LogP contribution >= 0.6 is 0 Å². The van der Waals surface area contributed by atoms with Crippen LogP contribution in [0.25, 0.3) is 0 Å². The van der Waals surface area contributed by atoms with Gasteiger partial charge >= 0.3 is 0 Å². The van der Waals surface area contributed by atoms with Gasteiger partial charge in [-0.15, -0.1) is 6.42 Å². The van der Waals surface area contributed by atoms with Crippen LogP contribution in [0.15, 0.2) is 48.5 Å². The summed E-state index contributed by atoms with van der Waals surface area (Å²) in [5.41, 5.74) is 2.34. The lowest BCUT2D eigenvalue weighted by Crippen LogP contribution is -2.01. The van der Waals surface area contributed by atoms with Gasteiger partial charge in [-0.05, 0) is 24.3 Å². The molecule has 0 aromatic heterocycles. The fraction of sp³-hybridized carbons (Fsp3) is 0.0667. The molecule has 17 heavy (non-hydrogen) atoms. The highest BCUT2D eigenvalue weighted by Gasteiger charge is 2.00. The standard InChI is InChI=1S/C15H12FN/c1-2-12-6-5-8-14(10-12)17-11-13-7-3-4-9-15(13)16/h1,3-10,17H,11H2. The Bertz CT molecular complexity index is 555. The lowest BCUT2D eigenvalue weighted by Gasteiger charge is -2.07. The third-order valence-electron chi connectivity index (χ3n) is 2.47. The van der Waals surface area contributed by atoms with Crippen LogP contribution in [-0.4, -0.2) is 0 Å². The predicted octanol–water partition coefficient (Wildman–Crippen LogP) is 3.42. The lowest BCUT2D eigenvalue weighted by molar-refractivity contribution is 0.613. The maximum absolute atomic E-state index is 13.4. The molecule has 0 fully saturated rings. The molecular formula is C15H12FN. The Morgan fingerprint density at radius 3 is 2.71 bits per heavy atom. The zero-order valence-electron chi connectivity index (χ0n) is 9.28. The quantitative estimate of drug-likeness (QED) is 0.789. The molecule has 0 saturated heterocycles. The molecule has 0 bridgehead atoms. The Kier molecular flexibility index (Phi) is 3.42. The van der Waals surface area contributed by atoms with E-state index in [4.69, 9.17) is 6.42 Å². The number of hydrogen-bond donors (Lipinski definition) is 1. The van der Waals surface area contributed by atoms with Gasteiger partial charge in [-0.25, -0.2) is 4.39 Å². The monoisotopic (exact) mass is 225 g/mol. The number of anilines is 1. The van der Waals surface area contributed by atoms with E-state index in [1.807, 2.05) is 30.3 Å². The molecule has 0 aliphatic rings. The molecule has 2 rings (SSSR count). The van der Waals surface area contributed by atoms with E-state index in [9.17, 15) is 4.39 Å². The Balaban J connectivity index is 2.08.